The number of benzene rings is 1. The SMILES string of the molecule is COc1cc2c(cc1N1CC(C)NC(C)C1)N(C(=O)CC1=CC=CC(F)(Cl)C1)CC2. The van der Waals surface area contributed by atoms with Gasteiger partial charge in [0, 0.05) is 50.2 Å². The van der Waals surface area contributed by atoms with E-state index in [-0.39, 0.29) is 18.7 Å². The summed E-state index contributed by atoms with van der Waals surface area (Å²) in [7, 11) is 1.69. The summed E-state index contributed by atoms with van der Waals surface area (Å²) in [6, 6.07) is 4.88. The second-order valence-corrected chi connectivity index (χ2v) is 9.25. The molecule has 0 saturated carbocycles. The quantitative estimate of drug-likeness (QED) is 0.730. The molecular weight excluding hydrogens is 405 g/mol. The lowest BCUT2D eigenvalue weighted by Crippen LogP contribution is -2.54. The lowest BCUT2D eigenvalue weighted by atomic mass is 9.99. The Kier molecular flexibility index (Phi) is 5.82. The summed E-state index contributed by atoms with van der Waals surface area (Å²) in [6.45, 7) is 6.72. The van der Waals surface area contributed by atoms with Gasteiger partial charge in [-0.25, -0.2) is 4.39 Å². The molecule has 0 radical (unpaired) electrons. The second kappa shape index (κ2) is 8.23. The average molecular weight is 434 g/mol. The number of ether oxygens (including phenoxy) is 1. The van der Waals surface area contributed by atoms with Crippen molar-refractivity contribution in [2.75, 3.05) is 36.5 Å². The van der Waals surface area contributed by atoms with Gasteiger partial charge in [-0.05, 0) is 44.0 Å². The first-order valence-corrected chi connectivity index (χ1v) is 10.9. The van der Waals surface area contributed by atoms with Gasteiger partial charge in [-0.2, -0.15) is 0 Å². The number of nitrogens with one attached hydrogen (secondary N) is 1. The van der Waals surface area contributed by atoms with Gasteiger partial charge in [0.25, 0.3) is 0 Å². The Morgan fingerprint density at radius 1 is 1.30 bits per heavy atom. The van der Waals surface area contributed by atoms with Crippen LogP contribution in [0.15, 0.2) is 35.9 Å². The van der Waals surface area contributed by atoms with Crippen LogP contribution in [0, 0.1) is 0 Å². The van der Waals surface area contributed by atoms with Gasteiger partial charge in [0.2, 0.25) is 11.0 Å². The number of carbonyl (C=O) groups excluding carboxylic acids is 1. The van der Waals surface area contributed by atoms with Crippen LogP contribution >= 0.6 is 11.6 Å². The third-order valence-electron chi connectivity index (χ3n) is 5.99. The van der Waals surface area contributed by atoms with Gasteiger partial charge < -0.3 is 19.9 Å². The van der Waals surface area contributed by atoms with E-state index < -0.39 is 5.13 Å². The van der Waals surface area contributed by atoms with E-state index >= 15 is 0 Å². The summed E-state index contributed by atoms with van der Waals surface area (Å²) >= 11 is 5.81. The predicted molar refractivity (Wildman–Crippen MR) is 119 cm³/mol. The largest absolute Gasteiger partial charge is 0.495 e. The molecule has 4 rings (SSSR count). The Hall–Kier alpha value is -2.05. The maximum absolute atomic E-state index is 14.1. The van der Waals surface area contributed by atoms with Crippen LogP contribution in [-0.2, 0) is 11.2 Å². The number of carbonyl (C=O) groups is 1. The van der Waals surface area contributed by atoms with Crippen molar-refractivity contribution in [1.29, 1.82) is 0 Å². The van der Waals surface area contributed by atoms with E-state index in [4.69, 9.17) is 16.3 Å². The topological polar surface area (TPSA) is 44.8 Å². The maximum Gasteiger partial charge on any atom is 0.231 e. The van der Waals surface area contributed by atoms with Crippen LogP contribution in [0.2, 0.25) is 0 Å². The molecule has 162 valence electrons. The first kappa shape index (κ1) is 21.2. The molecule has 0 spiro atoms. The highest BCUT2D eigenvalue weighted by atomic mass is 35.5. The summed E-state index contributed by atoms with van der Waals surface area (Å²) in [5.41, 5.74) is 3.76. The van der Waals surface area contributed by atoms with Crippen LogP contribution in [0.3, 0.4) is 0 Å². The summed E-state index contributed by atoms with van der Waals surface area (Å²) in [5.74, 6) is 0.815. The minimum absolute atomic E-state index is 0.0269. The zero-order valence-corrected chi connectivity index (χ0v) is 18.5. The normalized spacial score (nSPS) is 28.4. The fourth-order valence-corrected chi connectivity index (χ4v) is 5.00. The minimum Gasteiger partial charge on any atom is -0.495 e. The predicted octanol–water partition coefficient (Wildman–Crippen LogP) is 3.95. The van der Waals surface area contributed by atoms with Crippen molar-refractivity contribution in [1.82, 2.24) is 5.32 Å². The van der Waals surface area contributed by atoms with E-state index in [2.05, 4.69) is 36.2 Å². The first-order valence-electron chi connectivity index (χ1n) is 10.5. The molecule has 1 aromatic rings. The zero-order chi connectivity index (χ0) is 21.5. The number of hydrogen-bond acceptors (Lipinski definition) is 4. The molecule has 3 aliphatic rings. The van der Waals surface area contributed by atoms with Crippen molar-refractivity contribution in [2.24, 2.45) is 0 Å². The molecule has 7 heteroatoms. The molecule has 1 saturated heterocycles. The lowest BCUT2D eigenvalue weighted by molar-refractivity contribution is -0.117. The summed E-state index contributed by atoms with van der Waals surface area (Å²) in [4.78, 5) is 17.2. The molecule has 30 heavy (non-hydrogen) atoms. The fraction of sp³-hybridized carbons (Fsp3) is 0.522. The van der Waals surface area contributed by atoms with Crippen molar-refractivity contribution in [3.05, 3.63) is 41.5 Å². The summed E-state index contributed by atoms with van der Waals surface area (Å²) in [5, 5.41) is 1.65. The molecule has 1 N–H and O–H groups in total. The maximum atomic E-state index is 14.1. The highest BCUT2D eigenvalue weighted by Crippen LogP contribution is 2.40. The smallest absolute Gasteiger partial charge is 0.231 e. The average Bonchev–Trinajstić information content (AvgIpc) is 3.08. The number of rotatable bonds is 4. The Balaban J connectivity index is 1.58. The molecule has 2 heterocycles. The van der Waals surface area contributed by atoms with Crippen LogP contribution in [0.5, 0.6) is 5.75 Å². The summed E-state index contributed by atoms with van der Waals surface area (Å²) < 4.78 is 19.8. The molecule has 2 aliphatic heterocycles. The fourth-order valence-electron chi connectivity index (χ4n) is 4.75. The van der Waals surface area contributed by atoms with Crippen molar-refractivity contribution in [2.45, 2.75) is 50.3 Å². The van der Waals surface area contributed by atoms with Gasteiger partial charge in [0.1, 0.15) is 5.75 Å². The Morgan fingerprint density at radius 2 is 2.03 bits per heavy atom. The number of anilines is 2. The van der Waals surface area contributed by atoms with Crippen LogP contribution in [-0.4, -0.2) is 49.9 Å². The number of fused-ring (bicyclic) bond motifs is 1. The van der Waals surface area contributed by atoms with Gasteiger partial charge in [-0.1, -0.05) is 29.3 Å². The number of piperazine rings is 1. The molecule has 1 amide bonds. The lowest BCUT2D eigenvalue weighted by Gasteiger charge is -2.38. The monoisotopic (exact) mass is 433 g/mol. The number of alkyl halides is 2. The molecule has 1 aliphatic carbocycles. The van der Waals surface area contributed by atoms with Gasteiger partial charge in [0.15, 0.2) is 0 Å². The van der Waals surface area contributed by atoms with Crippen molar-refractivity contribution in [3.63, 3.8) is 0 Å². The van der Waals surface area contributed by atoms with Crippen molar-refractivity contribution in [3.8, 4) is 5.75 Å². The van der Waals surface area contributed by atoms with E-state index in [1.165, 1.54) is 6.08 Å². The van der Waals surface area contributed by atoms with Crippen LogP contribution in [0.4, 0.5) is 15.8 Å². The number of hydrogen-bond donors (Lipinski definition) is 1. The van der Waals surface area contributed by atoms with E-state index in [9.17, 15) is 9.18 Å². The highest BCUT2D eigenvalue weighted by Gasteiger charge is 2.32. The van der Waals surface area contributed by atoms with Gasteiger partial charge in [-0.3, -0.25) is 4.79 Å². The van der Waals surface area contributed by atoms with E-state index in [0.29, 0.717) is 24.2 Å². The van der Waals surface area contributed by atoms with Crippen LogP contribution in [0.1, 0.15) is 32.3 Å². The Labute approximate surface area is 182 Å². The molecular formula is C23H29ClFN3O2. The Morgan fingerprint density at radius 3 is 2.70 bits per heavy atom. The highest BCUT2D eigenvalue weighted by molar-refractivity contribution is 6.24. The molecule has 3 atom stereocenters. The van der Waals surface area contributed by atoms with Crippen LogP contribution in [0.25, 0.3) is 0 Å². The molecule has 3 unspecified atom stereocenters. The van der Waals surface area contributed by atoms with Crippen molar-refractivity contribution < 1.29 is 13.9 Å². The Bertz CT molecular complexity index is 889. The summed E-state index contributed by atoms with van der Waals surface area (Å²) in [6.07, 6.45) is 5.70. The number of amides is 1. The zero-order valence-electron chi connectivity index (χ0n) is 17.8. The molecule has 5 nitrogen and oxygen atoms in total. The van der Waals surface area contributed by atoms with Gasteiger partial charge in [-0.15, -0.1) is 0 Å². The second-order valence-electron chi connectivity index (χ2n) is 8.62. The standard InChI is InChI=1S/C23H29ClFN3O2/c1-15-13-27(14-16(2)26-15)20-11-19-18(10-21(20)30-3)6-8-28(19)22(29)9-17-5-4-7-23(24,25)12-17/h4-5,7,10-11,15-16,26H,6,8-9,12-14H2,1-3H3. The molecule has 1 aromatic carbocycles. The minimum atomic E-state index is -1.90. The van der Waals surface area contributed by atoms with Gasteiger partial charge in [0.05, 0.1) is 12.8 Å². The molecule has 1 fully saturated rings. The number of halogens is 2. The number of methoxy groups -OCH3 is 1. The first-order chi connectivity index (χ1) is 14.3. The third kappa shape index (κ3) is 4.35. The van der Waals surface area contributed by atoms with E-state index in [1.54, 1.807) is 19.3 Å². The van der Waals surface area contributed by atoms with E-state index in [0.717, 1.165) is 42.2 Å². The van der Waals surface area contributed by atoms with Crippen molar-refractivity contribution >= 4 is 28.9 Å². The van der Waals surface area contributed by atoms with Gasteiger partial charge >= 0.3 is 0 Å². The van der Waals surface area contributed by atoms with E-state index in [1.807, 2.05) is 4.90 Å². The molecule has 0 aromatic heterocycles. The number of nitrogens with zero attached hydrogens (tertiary/aromatic N) is 2. The molecule has 0 bridgehead atoms. The number of allylic oxidation sites excluding steroid dienone is 3. The van der Waals surface area contributed by atoms with Crippen LogP contribution < -0.4 is 19.9 Å². The third-order valence-corrected chi connectivity index (χ3v) is 6.25.